The first-order valence-electron chi connectivity index (χ1n) is 9.28. The molecule has 0 spiro atoms. The third-order valence-corrected chi connectivity index (χ3v) is 7.12. The number of ether oxygens (including phenoxy) is 1. The van der Waals surface area contributed by atoms with Gasteiger partial charge in [-0.15, -0.1) is 21.5 Å². The lowest BCUT2D eigenvalue weighted by Crippen LogP contribution is -1.98. The molecule has 0 atom stereocenters. The second-order valence-corrected chi connectivity index (χ2v) is 9.52. The molecule has 32 heavy (non-hydrogen) atoms. The Morgan fingerprint density at radius 2 is 1.75 bits per heavy atom. The highest BCUT2D eigenvalue weighted by molar-refractivity contribution is 8.01. The number of rotatable bonds is 7. The van der Waals surface area contributed by atoms with Gasteiger partial charge >= 0.3 is 5.00 Å². The van der Waals surface area contributed by atoms with E-state index in [1.807, 2.05) is 76.7 Å². The third-order valence-electron chi connectivity index (χ3n) is 4.28. The van der Waals surface area contributed by atoms with Gasteiger partial charge in [0.2, 0.25) is 5.16 Å². The van der Waals surface area contributed by atoms with E-state index in [9.17, 15) is 10.1 Å². The van der Waals surface area contributed by atoms with Crippen LogP contribution in [0.15, 0.2) is 87.8 Å². The van der Waals surface area contributed by atoms with Crippen LogP contribution >= 0.6 is 34.4 Å². The summed E-state index contributed by atoms with van der Waals surface area (Å²) in [6, 6.07) is 21.1. The second kappa shape index (κ2) is 8.91. The van der Waals surface area contributed by atoms with Crippen LogP contribution in [0.5, 0.6) is 11.5 Å². The average Bonchev–Trinajstić information content (AvgIpc) is 3.56. The highest BCUT2D eigenvalue weighted by Gasteiger charge is 2.20. The van der Waals surface area contributed by atoms with E-state index in [0.717, 1.165) is 27.7 Å². The van der Waals surface area contributed by atoms with Gasteiger partial charge in [-0.05, 0) is 70.9 Å². The molecule has 0 unspecified atom stereocenters. The minimum absolute atomic E-state index is 0.0144. The van der Waals surface area contributed by atoms with Crippen molar-refractivity contribution in [2.24, 2.45) is 0 Å². The van der Waals surface area contributed by atoms with Gasteiger partial charge in [-0.1, -0.05) is 24.3 Å². The molecule has 2 aromatic carbocycles. The van der Waals surface area contributed by atoms with Gasteiger partial charge in [0.15, 0.2) is 10.2 Å². The predicted molar refractivity (Wildman–Crippen MR) is 124 cm³/mol. The van der Waals surface area contributed by atoms with Gasteiger partial charge in [0, 0.05) is 0 Å². The van der Waals surface area contributed by atoms with Crippen LogP contribution in [0, 0.1) is 10.1 Å². The number of aromatic nitrogens is 4. The molecule has 0 fully saturated rings. The molecule has 0 bridgehead atoms. The van der Waals surface area contributed by atoms with E-state index in [1.165, 1.54) is 18.0 Å². The summed E-state index contributed by atoms with van der Waals surface area (Å²) in [5, 5.41) is 22.2. The van der Waals surface area contributed by atoms with E-state index in [0.29, 0.717) is 21.1 Å². The van der Waals surface area contributed by atoms with Crippen LogP contribution in [0.25, 0.3) is 16.4 Å². The minimum atomic E-state index is -0.449. The Hall–Kier alpha value is -3.54. The number of thiophene rings is 1. The number of benzene rings is 2. The molecule has 8 nitrogen and oxygen atoms in total. The molecule has 0 saturated heterocycles. The molecule has 0 aliphatic rings. The van der Waals surface area contributed by atoms with Crippen molar-refractivity contribution in [3.05, 3.63) is 88.4 Å². The summed E-state index contributed by atoms with van der Waals surface area (Å²) in [4.78, 5) is 15.7. The van der Waals surface area contributed by atoms with Gasteiger partial charge in [0.05, 0.1) is 15.5 Å². The second-order valence-electron chi connectivity index (χ2n) is 6.35. The van der Waals surface area contributed by atoms with Crippen LogP contribution in [-0.2, 0) is 0 Å². The lowest BCUT2D eigenvalue weighted by molar-refractivity contribution is -0.380. The van der Waals surface area contributed by atoms with Crippen LogP contribution in [0.3, 0.4) is 0 Å². The first kappa shape index (κ1) is 20.4. The quantitative estimate of drug-likeness (QED) is 0.199. The van der Waals surface area contributed by atoms with Gasteiger partial charge < -0.3 is 4.74 Å². The van der Waals surface area contributed by atoms with Gasteiger partial charge in [-0.3, -0.25) is 14.7 Å². The molecule has 0 aliphatic heterocycles. The minimum Gasteiger partial charge on any atom is -0.457 e. The summed E-state index contributed by atoms with van der Waals surface area (Å²) in [5.74, 6) is 2.14. The number of hydrogen-bond donors (Lipinski definition) is 0. The SMILES string of the molecule is O=[N+]([O-])c1cnc(Sc2nnc(-c3cccs3)n2-c2ccc(Oc3ccccc3)cc2)s1. The zero-order chi connectivity index (χ0) is 21.9. The smallest absolute Gasteiger partial charge is 0.344 e. The molecule has 3 heterocycles. The number of thiazole rings is 1. The number of para-hydroxylation sites is 1. The lowest BCUT2D eigenvalue weighted by Gasteiger charge is -2.10. The van der Waals surface area contributed by atoms with Crippen molar-refractivity contribution in [3.63, 3.8) is 0 Å². The summed E-state index contributed by atoms with van der Waals surface area (Å²) >= 11 is 3.80. The van der Waals surface area contributed by atoms with Crippen LogP contribution in [0.2, 0.25) is 0 Å². The Morgan fingerprint density at radius 3 is 2.44 bits per heavy atom. The van der Waals surface area contributed by atoms with Gasteiger partial charge in [-0.2, -0.15) is 0 Å². The van der Waals surface area contributed by atoms with Crippen molar-refractivity contribution in [1.82, 2.24) is 19.7 Å². The summed E-state index contributed by atoms with van der Waals surface area (Å²) in [6.07, 6.45) is 1.25. The Labute approximate surface area is 194 Å². The monoisotopic (exact) mass is 479 g/mol. The molecule has 0 N–H and O–H groups in total. The van der Waals surface area contributed by atoms with E-state index in [1.54, 1.807) is 11.3 Å². The molecule has 11 heteroatoms. The maximum atomic E-state index is 11.0. The summed E-state index contributed by atoms with van der Waals surface area (Å²) in [5.41, 5.74) is 0.840. The standard InChI is InChI=1S/C21H13N5O3S3/c27-26(28)18-13-22-21(31-18)32-20-24-23-19(17-7-4-12-30-17)25(20)14-8-10-16(11-9-14)29-15-5-2-1-3-6-15/h1-13H. The fourth-order valence-corrected chi connectivity index (χ4v) is 5.32. The largest absolute Gasteiger partial charge is 0.457 e. The number of hydrogen-bond acceptors (Lipinski definition) is 9. The maximum Gasteiger partial charge on any atom is 0.344 e. The molecule has 0 aliphatic carbocycles. The Morgan fingerprint density at radius 1 is 0.969 bits per heavy atom. The summed E-state index contributed by atoms with van der Waals surface area (Å²) in [7, 11) is 0. The molecule has 158 valence electrons. The van der Waals surface area contributed by atoms with E-state index in [4.69, 9.17) is 4.74 Å². The fourth-order valence-electron chi connectivity index (χ4n) is 2.88. The normalized spacial score (nSPS) is 10.9. The molecule has 5 aromatic rings. The first-order valence-corrected chi connectivity index (χ1v) is 11.8. The van der Waals surface area contributed by atoms with E-state index in [2.05, 4.69) is 15.2 Å². The summed E-state index contributed by atoms with van der Waals surface area (Å²) in [6.45, 7) is 0. The number of nitrogens with zero attached hydrogens (tertiary/aromatic N) is 5. The molecule has 0 saturated carbocycles. The van der Waals surface area contributed by atoms with Gasteiger partial charge in [0.25, 0.3) is 0 Å². The topological polar surface area (TPSA) is 96.0 Å². The fraction of sp³-hybridized carbons (Fsp3) is 0. The summed E-state index contributed by atoms with van der Waals surface area (Å²) < 4.78 is 8.32. The average molecular weight is 480 g/mol. The van der Waals surface area contributed by atoms with Crippen LogP contribution in [0.4, 0.5) is 5.00 Å². The molecule has 0 radical (unpaired) electrons. The van der Waals surface area contributed by atoms with Crippen molar-refractivity contribution in [2.45, 2.75) is 9.50 Å². The van der Waals surface area contributed by atoms with Crippen LogP contribution < -0.4 is 4.74 Å². The van der Waals surface area contributed by atoms with Gasteiger partial charge in [-0.25, -0.2) is 4.98 Å². The van der Waals surface area contributed by atoms with Crippen molar-refractivity contribution >= 4 is 39.4 Å². The van der Waals surface area contributed by atoms with Crippen molar-refractivity contribution in [3.8, 4) is 27.9 Å². The Bertz CT molecular complexity index is 1350. The first-order chi connectivity index (χ1) is 15.7. The Kier molecular flexibility index (Phi) is 5.67. The van der Waals surface area contributed by atoms with Crippen molar-refractivity contribution < 1.29 is 9.66 Å². The highest BCUT2D eigenvalue weighted by atomic mass is 32.2. The zero-order valence-electron chi connectivity index (χ0n) is 16.2. The Balaban J connectivity index is 1.49. The molecule has 5 rings (SSSR count). The highest BCUT2D eigenvalue weighted by Crippen LogP contribution is 2.37. The van der Waals surface area contributed by atoms with Crippen molar-refractivity contribution in [2.75, 3.05) is 0 Å². The van der Waals surface area contributed by atoms with Gasteiger partial charge in [0.1, 0.15) is 17.7 Å². The third kappa shape index (κ3) is 4.26. The molecular formula is C21H13N5O3S3. The zero-order valence-corrected chi connectivity index (χ0v) is 18.6. The molecular weight excluding hydrogens is 466 g/mol. The van der Waals surface area contributed by atoms with E-state index >= 15 is 0 Å². The van der Waals surface area contributed by atoms with Crippen LogP contribution in [0.1, 0.15) is 0 Å². The van der Waals surface area contributed by atoms with Crippen LogP contribution in [-0.4, -0.2) is 24.7 Å². The van der Waals surface area contributed by atoms with E-state index < -0.39 is 4.92 Å². The molecule has 3 aromatic heterocycles. The predicted octanol–water partition coefficient (Wildman–Crippen LogP) is 6.30. The van der Waals surface area contributed by atoms with E-state index in [-0.39, 0.29) is 5.00 Å². The van der Waals surface area contributed by atoms with Crippen molar-refractivity contribution in [1.29, 1.82) is 0 Å². The number of nitro groups is 1. The lowest BCUT2D eigenvalue weighted by atomic mass is 10.3. The molecule has 0 amide bonds. The maximum absolute atomic E-state index is 11.0.